The van der Waals surface area contributed by atoms with E-state index in [-0.39, 0.29) is 5.91 Å². The summed E-state index contributed by atoms with van der Waals surface area (Å²) < 4.78 is 2.07. The number of benzene rings is 1. The Morgan fingerprint density at radius 2 is 2.08 bits per heavy atom. The molecule has 2 aromatic rings. The maximum Gasteiger partial charge on any atom is 0.230 e. The van der Waals surface area contributed by atoms with Crippen molar-refractivity contribution in [2.45, 2.75) is 50.4 Å². The zero-order valence-corrected chi connectivity index (χ0v) is 15.3. The van der Waals surface area contributed by atoms with E-state index in [4.69, 9.17) is 0 Å². The smallest absolute Gasteiger partial charge is 0.230 e. The summed E-state index contributed by atoms with van der Waals surface area (Å²) >= 11 is 1.48. The Balaban J connectivity index is 1.38. The van der Waals surface area contributed by atoms with Gasteiger partial charge in [0.25, 0.3) is 0 Å². The SMILES string of the molecule is CCn1c(SCC(=O)N[C@H]2C[C@H]3CC[C@H]2C3)nnc1-c1ccccc1. The molecule has 4 rings (SSSR count). The molecule has 0 spiro atoms. The van der Waals surface area contributed by atoms with Gasteiger partial charge in [0.05, 0.1) is 5.75 Å². The van der Waals surface area contributed by atoms with Crippen molar-refractivity contribution in [3.05, 3.63) is 30.3 Å². The van der Waals surface area contributed by atoms with Crippen LogP contribution in [0, 0.1) is 11.8 Å². The summed E-state index contributed by atoms with van der Waals surface area (Å²) in [5.41, 5.74) is 1.05. The third-order valence-electron chi connectivity index (χ3n) is 5.48. The molecule has 3 atom stereocenters. The predicted octanol–water partition coefficient (Wildman–Crippen LogP) is 3.36. The summed E-state index contributed by atoms with van der Waals surface area (Å²) in [5.74, 6) is 2.94. The second-order valence-electron chi connectivity index (χ2n) is 7.05. The Hall–Kier alpha value is -1.82. The van der Waals surface area contributed by atoms with Crippen molar-refractivity contribution >= 4 is 17.7 Å². The number of rotatable bonds is 6. The number of hydrogen-bond donors (Lipinski definition) is 1. The van der Waals surface area contributed by atoms with E-state index >= 15 is 0 Å². The molecule has 2 saturated carbocycles. The maximum absolute atomic E-state index is 12.3. The molecule has 0 radical (unpaired) electrons. The summed E-state index contributed by atoms with van der Waals surface area (Å²) in [6.07, 6.45) is 5.12. The van der Waals surface area contributed by atoms with Gasteiger partial charge in [-0.05, 0) is 38.0 Å². The first kappa shape index (κ1) is 16.6. The van der Waals surface area contributed by atoms with E-state index in [1.165, 1.54) is 37.4 Å². The average molecular weight is 356 g/mol. The third kappa shape index (κ3) is 3.45. The van der Waals surface area contributed by atoms with Crippen LogP contribution >= 0.6 is 11.8 Å². The standard InChI is InChI=1S/C19H24N4OS/c1-2-23-18(14-6-4-3-5-7-14)21-22-19(23)25-12-17(24)20-16-11-13-8-9-15(16)10-13/h3-7,13,15-16H,2,8-12H2,1H3,(H,20,24)/t13-,15-,16-/m0/s1. The lowest BCUT2D eigenvalue weighted by molar-refractivity contribution is -0.119. The topological polar surface area (TPSA) is 59.8 Å². The lowest BCUT2D eigenvalue weighted by Gasteiger charge is -2.22. The quantitative estimate of drug-likeness (QED) is 0.806. The summed E-state index contributed by atoms with van der Waals surface area (Å²) in [4.78, 5) is 12.3. The number of fused-ring (bicyclic) bond motifs is 2. The van der Waals surface area contributed by atoms with Gasteiger partial charge in [-0.1, -0.05) is 48.5 Å². The first-order valence-corrected chi connectivity index (χ1v) is 10.1. The second-order valence-corrected chi connectivity index (χ2v) is 8.00. The minimum Gasteiger partial charge on any atom is -0.352 e. The van der Waals surface area contributed by atoms with Crippen molar-refractivity contribution < 1.29 is 4.79 Å². The second kappa shape index (κ2) is 7.20. The van der Waals surface area contributed by atoms with E-state index in [0.29, 0.717) is 17.7 Å². The molecule has 1 amide bonds. The minimum atomic E-state index is 0.120. The highest BCUT2D eigenvalue weighted by Crippen LogP contribution is 2.44. The van der Waals surface area contributed by atoms with Crippen LogP contribution in [0.5, 0.6) is 0 Å². The van der Waals surface area contributed by atoms with Gasteiger partial charge in [0.15, 0.2) is 11.0 Å². The molecule has 1 aromatic heterocycles. The lowest BCUT2D eigenvalue weighted by Crippen LogP contribution is -2.39. The normalized spacial score (nSPS) is 24.6. The van der Waals surface area contributed by atoms with Gasteiger partial charge in [0.2, 0.25) is 5.91 Å². The highest BCUT2D eigenvalue weighted by Gasteiger charge is 2.40. The van der Waals surface area contributed by atoms with Gasteiger partial charge < -0.3 is 9.88 Å². The van der Waals surface area contributed by atoms with Crippen LogP contribution in [-0.4, -0.2) is 32.5 Å². The van der Waals surface area contributed by atoms with Crippen molar-refractivity contribution in [1.29, 1.82) is 0 Å². The molecule has 6 heteroatoms. The van der Waals surface area contributed by atoms with Gasteiger partial charge in [0, 0.05) is 18.2 Å². The van der Waals surface area contributed by atoms with Crippen LogP contribution in [0.4, 0.5) is 0 Å². The zero-order valence-electron chi connectivity index (χ0n) is 14.5. The number of carbonyl (C=O) groups is 1. The Morgan fingerprint density at radius 1 is 1.24 bits per heavy atom. The Morgan fingerprint density at radius 3 is 2.76 bits per heavy atom. The molecule has 1 heterocycles. The van der Waals surface area contributed by atoms with Crippen molar-refractivity contribution in [3.63, 3.8) is 0 Å². The predicted molar refractivity (Wildman–Crippen MR) is 99.2 cm³/mol. The van der Waals surface area contributed by atoms with Crippen LogP contribution in [0.1, 0.15) is 32.6 Å². The first-order chi connectivity index (χ1) is 12.2. The van der Waals surface area contributed by atoms with Crippen LogP contribution in [0.15, 0.2) is 35.5 Å². The minimum absolute atomic E-state index is 0.120. The number of nitrogens with zero attached hydrogens (tertiary/aromatic N) is 3. The van der Waals surface area contributed by atoms with E-state index < -0.39 is 0 Å². The average Bonchev–Trinajstić information content (AvgIpc) is 3.35. The Labute approximate surface area is 152 Å². The largest absolute Gasteiger partial charge is 0.352 e. The van der Waals surface area contributed by atoms with Crippen LogP contribution in [0.25, 0.3) is 11.4 Å². The van der Waals surface area contributed by atoms with Gasteiger partial charge in [-0.3, -0.25) is 4.79 Å². The number of carbonyl (C=O) groups excluding carboxylic acids is 1. The number of hydrogen-bond acceptors (Lipinski definition) is 4. The van der Waals surface area contributed by atoms with Gasteiger partial charge in [-0.15, -0.1) is 10.2 Å². The fourth-order valence-electron chi connectivity index (χ4n) is 4.28. The van der Waals surface area contributed by atoms with Crippen molar-refractivity contribution in [1.82, 2.24) is 20.1 Å². The van der Waals surface area contributed by atoms with E-state index in [2.05, 4.69) is 27.0 Å². The van der Waals surface area contributed by atoms with Gasteiger partial charge in [-0.2, -0.15) is 0 Å². The van der Waals surface area contributed by atoms with E-state index in [1.807, 2.05) is 30.3 Å². The van der Waals surface area contributed by atoms with Crippen LogP contribution in [0.3, 0.4) is 0 Å². The fourth-order valence-corrected chi connectivity index (χ4v) is 5.09. The van der Waals surface area contributed by atoms with Crippen LogP contribution < -0.4 is 5.32 Å². The molecule has 2 aliphatic carbocycles. The Kier molecular flexibility index (Phi) is 4.79. The molecule has 2 fully saturated rings. The first-order valence-electron chi connectivity index (χ1n) is 9.15. The molecule has 2 aliphatic rings. The number of amides is 1. The lowest BCUT2D eigenvalue weighted by atomic mass is 9.95. The molecule has 1 aromatic carbocycles. The van der Waals surface area contributed by atoms with Gasteiger partial charge in [0.1, 0.15) is 0 Å². The van der Waals surface area contributed by atoms with Crippen LogP contribution in [0.2, 0.25) is 0 Å². The monoisotopic (exact) mass is 356 g/mol. The fraction of sp³-hybridized carbons (Fsp3) is 0.526. The number of aromatic nitrogens is 3. The molecule has 0 saturated heterocycles. The molecule has 0 unspecified atom stereocenters. The molecule has 5 nitrogen and oxygen atoms in total. The van der Waals surface area contributed by atoms with Crippen molar-refractivity contribution in [2.24, 2.45) is 11.8 Å². The summed E-state index contributed by atoms with van der Waals surface area (Å²) in [6, 6.07) is 10.5. The molecule has 1 N–H and O–H groups in total. The number of thioether (sulfide) groups is 1. The molecule has 132 valence electrons. The highest BCUT2D eigenvalue weighted by molar-refractivity contribution is 7.99. The summed E-state index contributed by atoms with van der Waals surface area (Å²) in [6.45, 7) is 2.86. The van der Waals surface area contributed by atoms with E-state index in [9.17, 15) is 4.79 Å². The molecular weight excluding hydrogens is 332 g/mol. The molecule has 2 bridgehead atoms. The molecule has 0 aliphatic heterocycles. The van der Waals surface area contributed by atoms with Crippen molar-refractivity contribution in [3.8, 4) is 11.4 Å². The summed E-state index contributed by atoms with van der Waals surface area (Å²) in [5, 5.41) is 12.7. The number of nitrogens with one attached hydrogen (secondary N) is 1. The van der Waals surface area contributed by atoms with Crippen LogP contribution in [-0.2, 0) is 11.3 Å². The third-order valence-corrected chi connectivity index (χ3v) is 6.45. The Bertz CT molecular complexity index is 745. The maximum atomic E-state index is 12.3. The molecular formula is C19H24N4OS. The zero-order chi connectivity index (χ0) is 17.2. The van der Waals surface area contributed by atoms with Gasteiger partial charge >= 0.3 is 0 Å². The van der Waals surface area contributed by atoms with E-state index in [1.54, 1.807) is 0 Å². The van der Waals surface area contributed by atoms with Gasteiger partial charge in [-0.25, -0.2) is 0 Å². The van der Waals surface area contributed by atoms with Crippen molar-refractivity contribution in [2.75, 3.05) is 5.75 Å². The summed E-state index contributed by atoms with van der Waals surface area (Å²) in [7, 11) is 0. The highest BCUT2D eigenvalue weighted by atomic mass is 32.2. The van der Waals surface area contributed by atoms with E-state index in [0.717, 1.165) is 29.0 Å². The molecule has 25 heavy (non-hydrogen) atoms.